The van der Waals surface area contributed by atoms with Gasteiger partial charge in [0.1, 0.15) is 5.60 Å². The van der Waals surface area contributed by atoms with Crippen LogP contribution in [0.2, 0.25) is 0 Å². The summed E-state index contributed by atoms with van der Waals surface area (Å²) in [5, 5.41) is 10.7. The average Bonchev–Trinajstić information content (AvgIpc) is 2.52. The van der Waals surface area contributed by atoms with E-state index in [1.807, 2.05) is 20.8 Å². The summed E-state index contributed by atoms with van der Waals surface area (Å²) in [5.41, 5.74) is 0.288. The summed E-state index contributed by atoms with van der Waals surface area (Å²) in [6.07, 6.45) is 0.923. The van der Waals surface area contributed by atoms with Crippen molar-refractivity contribution in [2.75, 3.05) is 31.1 Å². The molecule has 0 saturated carbocycles. The highest BCUT2D eigenvalue weighted by Gasteiger charge is 2.38. The third-order valence-electron chi connectivity index (χ3n) is 4.02. The van der Waals surface area contributed by atoms with E-state index < -0.39 is 10.5 Å². The van der Waals surface area contributed by atoms with Gasteiger partial charge in [0.2, 0.25) is 0 Å². The molecule has 2 saturated heterocycles. The van der Waals surface area contributed by atoms with Gasteiger partial charge in [-0.15, -0.1) is 0 Å². The van der Waals surface area contributed by atoms with Crippen LogP contribution in [0.4, 0.5) is 16.3 Å². The highest BCUT2D eigenvalue weighted by Crippen LogP contribution is 2.25. The quantitative estimate of drug-likeness (QED) is 0.592. The Morgan fingerprint density at radius 1 is 1.28 bits per heavy atom. The second-order valence-corrected chi connectivity index (χ2v) is 7.30. The highest BCUT2D eigenvalue weighted by atomic mass is 16.6. The first-order valence-corrected chi connectivity index (χ1v) is 8.20. The summed E-state index contributed by atoms with van der Waals surface area (Å²) in [7, 11) is 0. The van der Waals surface area contributed by atoms with Crippen LogP contribution in [0.25, 0.3) is 0 Å². The molecule has 9 nitrogen and oxygen atoms in total. The Morgan fingerprint density at radius 3 is 2.40 bits per heavy atom. The zero-order valence-electron chi connectivity index (χ0n) is 14.5. The summed E-state index contributed by atoms with van der Waals surface area (Å²) in [6.45, 7) is 7.63. The van der Waals surface area contributed by atoms with E-state index in [1.165, 1.54) is 12.3 Å². The van der Waals surface area contributed by atoms with Crippen LogP contribution >= 0.6 is 0 Å². The van der Waals surface area contributed by atoms with E-state index in [1.54, 1.807) is 11.0 Å². The van der Waals surface area contributed by atoms with Gasteiger partial charge >= 0.3 is 11.9 Å². The fourth-order valence-electron chi connectivity index (χ4n) is 3.05. The SMILES string of the molecule is CC(C)(C)OC(=O)N1CC2CN(c3ccc([N+](=O)[O-])nc3)C[C@@H](C1)O2. The number of aromatic nitrogens is 1. The Bertz CT molecular complexity index is 643. The minimum Gasteiger partial charge on any atom is -0.444 e. The fourth-order valence-corrected chi connectivity index (χ4v) is 3.05. The third kappa shape index (κ3) is 4.16. The van der Waals surface area contributed by atoms with Crippen molar-refractivity contribution >= 4 is 17.6 Å². The van der Waals surface area contributed by atoms with Crippen molar-refractivity contribution in [3.8, 4) is 0 Å². The highest BCUT2D eigenvalue weighted by molar-refractivity contribution is 5.68. The van der Waals surface area contributed by atoms with E-state index in [4.69, 9.17) is 9.47 Å². The van der Waals surface area contributed by atoms with Crippen molar-refractivity contribution in [3.05, 3.63) is 28.4 Å². The van der Waals surface area contributed by atoms with E-state index in [9.17, 15) is 14.9 Å². The molecular weight excluding hydrogens is 328 g/mol. The second-order valence-electron chi connectivity index (χ2n) is 7.30. The summed E-state index contributed by atoms with van der Waals surface area (Å²) in [6, 6.07) is 3.09. The lowest BCUT2D eigenvalue weighted by Gasteiger charge is -2.46. The molecule has 2 aliphatic heterocycles. The first-order chi connectivity index (χ1) is 11.7. The largest absolute Gasteiger partial charge is 0.444 e. The van der Waals surface area contributed by atoms with Gasteiger partial charge in [0, 0.05) is 19.2 Å². The fraction of sp³-hybridized carbons (Fsp3) is 0.625. The normalized spacial score (nSPS) is 23.3. The molecule has 2 atom stereocenters. The number of ether oxygens (including phenoxy) is 2. The molecule has 0 aliphatic carbocycles. The van der Waals surface area contributed by atoms with Crippen molar-refractivity contribution in [2.24, 2.45) is 0 Å². The van der Waals surface area contributed by atoms with Crippen LogP contribution in [0.15, 0.2) is 18.3 Å². The van der Waals surface area contributed by atoms with Gasteiger partial charge in [-0.25, -0.2) is 4.79 Å². The molecule has 1 aromatic heterocycles. The average molecular weight is 350 g/mol. The maximum Gasteiger partial charge on any atom is 0.410 e. The molecule has 9 heteroatoms. The van der Waals surface area contributed by atoms with Crippen molar-refractivity contribution in [2.45, 2.75) is 38.6 Å². The monoisotopic (exact) mass is 350 g/mol. The van der Waals surface area contributed by atoms with Gasteiger partial charge < -0.3 is 29.4 Å². The van der Waals surface area contributed by atoms with E-state index in [-0.39, 0.29) is 24.1 Å². The molecule has 25 heavy (non-hydrogen) atoms. The van der Waals surface area contributed by atoms with E-state index >= 15 is 0 Å². The molecule has 3 heterocycles. The topological polar surface area (TPSA) is 98.0 Å². The van der Waals surface area contributed by atoms with Crippen LogP contribution in [0.5, 0.6) is 0 Å². The number of morpholine rings is 2. The predicted molar refractivity (Wildman–Crippen MR) is 89.6 cm³/mol. The van der Waals surface area contributed by atoms with Crippen LogP contribution in [0.1, 0.15) is 20.8 Å². The van der Waals surface area contributed by atoms with Crippen molar-refractivity contribution in [3.63, 3.8) is 0 Å². The van der Waals surface area contributed by atoms with Crippen LogP contribution < -0.4 is 4.90 Å². The number of fused-ring (bicyclic) bond motifs is 2. The number of carbonyl (C=O) groups excluding carboxylic acids is 1. The summed E-state index contributed by atoms with van der Waals surface area (Å²) in [4.78, 5) is 30.1. The van der Waals surface area contributed by atoms with Crippen molar-refractivity contribution in [1.82, 2.24) is 9.88 Å². The standard InChI is InChI=1S/C16H22N4O5/c1-16(2,3)25-15(21)19-9-12-7-18(8-13(10-19)24-12)11-4-5-14(17-6-11)20(22)23/h4-6,12-13H,7-10H2,1-3H3/t12-,13?/m0/s1. The van der Waals surface area contributed by atoms with E-state index in [0.29, 0.717) is 26.2 Å². The molecule has 0 N–H and O–H groups in total. The number of nitrogens with zero attached hydrogens (tertiary/aromatic N) is 4. The number of carbonyl (C=O) groups is 1. The molecule has 1 amide bonds. The lowest BCUT2D eigenvalue weighted by Crippen LogP contribution is -2.61. The second kappa shape index (κ2) is 6.47. The van der Waals surface area contributed by atoms with E-state index in [0.717, 1.165) is 5.69 Å². The Labute approximate surface area is 145 Å². The number of nitro groups is 1. The van der Waals surface area contributed by atoms with Gasteiger partial charge in [0.15, 0.2) is 6.20 Å². The zero-order valence-corrected chi connectivity index (χ0v) is 14.5. The Balaban J connectivity index is 1.64. The maximum atomic E-state index is 12.3. The summed E-state index contributed by atoms with van der Waals surface area (Å²) in [5.74, 6) is -0.173. The van der Waals surface area contributed by atoms with Crippen LogP contribution in [0, 0.1) is 10.1 Å². The van der Waals surface area contributed by atoms with E-state index in [2.05, 4.69) is 9.88 Å². The molecule has 0 radical (unpaired) electrons. The summed E-state index contributed by atoms with van der Waals surface area (Å²) < 4.78 is 11.4. The first-order valence-electron chi connectivity index (χ1n) is 8.20. The van der Waals surface area contributed by atoms with Crippen LogP contribution in [0.3, 0.4) is 0 Å². The van der Waals surface area contributed by atoms with Crippen molar-refractivity contribution < 1.29 is 19.2 Å². The Hall–Kier alpha value is -2.42. The molecule has 2 fully saturated rings. The molecule has 1 aromatic rings. The van der Waals surface area contributed by atoms with Crippen LogP contribution in [-0.2, 0) is 9.47 Å². The molecule has 0 spiro atoms. The van der Waals surface area contributed by atoms with Gasteiger partial charge in [-0.2, -0.15) is 0 Å². The molecular formula is C16H22N4O5. The number of anilines is 1. The smallest absolute Gasteiger partial charge is 0.410 e. The van der Waals surface area contributed by atoms with Gasteiger partial charge in [-0.1, -0.05) is 0 Å². The Morgan fingerprint density at radius 2 is 1.92 bits per heavy atom. The summed E-state index contributed by atoms with van der Waals surface area (Å²) >= 11 is 0. The van der Waals surface area contributed by atoms with Gasteiger partial charge in [-0.3, -0.25) is 0 Å². The predicted octanol–water partition coefficient (Wildman–Crippen LogP) is 1.81. The molecule has 2 bridgehead atoms. The lowest BCUT2D eigenvalue weighted by molar-refractivity contribution is -0.389. The third-order valence-corrected chi connectivity index (χ3v) is 4.02. The number of pyridine rings is 1. The first kappa shape index (κ1) is 17.4. The van der Waals surface area contributed by atoms with Gasteiger partial charge in [-0.05, 0) is 36.7 Å². The molecule has 2 aliphatic rings. The van der Waals surface area contributed by atoms with Crippen LogP contribution in [-0.4, -0.2) is 64.9 Å². The molecule has 0 aromatic carbocycles. The minimum absolute atomic E-state index is 0.129. The molecule has 3 rings (SSSR count). The minimum atomic E-state index is -0.527. The van der Waals surface area contributed by atoms with Crippen molar-refractivity contribution in [1.29, 1.82) is 0 Å². The molecule has 136 valence electrons. The lowest BCUT2D eigenvalue weighted by atomic mass is 10.1. The van der Waals surface area contributed by atoms with Gasteiger partial charge in [0.25, 0.3) is 0 Å². The number of hydrogen-bond acceptors (Lipinski definition) is 7. The number of amides is 1. The maximum absolute atomic E-state index is 12.3. The number of rotatable bonds is 2. The number of hydrogen-bond donors (Lipinski definition) is 0. The van der Waals surface area contributed by atoms with Gasteiger partial charge in [0.05, 0.1) is 31.0 Å². The molecule has 1 unspecified atom stereocenters. The zero-order chi connectivity index (χ0) is 18.2. The Kier molecular flexibility index (Phi) is 4.51.